The zero-order chi connectivity index (χ0) is 17.5. The van der Waals surface area contributed by atoms with Crippen LogP contribution in [0.4, 0.5) is 10.5 Å². The fourth-order valence-corrected chi connectivity index (χ4v) is 3.52. The molecule has 1 aromatic carbocycles. The fraction of sp³-hybridized carbons (Fsp3) is 0.632. The van der Waals surface area contributed by atoms with Crippen molar-refractivity contribution in [3.8, 4) is 0 Å². The number of para-hydroxylation sites is 1. The van der Waals surface area contributed by atoms with Gasteiger partial charge in [0.15, 0.2) is 0 Å². The third kappa shape index (κ3) is 5.61. The van der Waals surface area contributed by atoms with Gasteiger partial charge in [-0.15, -0.1) is 0 Å². The van der Waals surface area contributed by atoms with Crippen LogP contribution in [-0.2, 0) is 4.74 Å². The molecule has 2 fully saturated rings. The van der Waals surface area contributed by atoms with Crippen LogP contribution in [0.3, 0.4) is 0 Å². The Morgan fingerprint density at radius 1 is 1.24 bits per heavy atom. The number of urea groups is 1. The number of anilines is 1. The first-order chi connectivity index (χ1) is 12.2. The number of nitrogens with one attached hydrogen (secondary N) is 2. The zero-order valence-electron chi connectivity index (χ0n) is 15.1. The molecule has 2 aliphatic heterocycles. The second-order valence-corrected chi connectivity index (χ2v) is 7.11. The molecule has 0 radical (unpaired) electrons. The van der Waals surface area contributed by atoms with Crippen LogP contribution in [0.2, 0.25) is 0 Å². The summed E-state index contributed by atoms with van der Waals surface area (Å²) in [5.41, 5.74) is 1.29. The van der Waals surface area contributed by atoms with Gasteiger partial charge in [-0.1, -0.05) is 18.2 Å². The molecule has 0 unspecified atom stereocenters. The minimum Gasteiger partial charge on any atom is -0.381 e. The van der Waals surface area contributed by atoms with Gasteiger partial charge in [-0.25, -0.2) is 4.79 Å². The summed E-state index contributed by atoms with van der Waals surface area (Å²) >= 11 is 0. The SMILES string of the molecule is C[C@@H](CN1CCN(c2ccccc2)CC1)NC(=O)NC[C@H]1CCOC1. The normalized spacial score (nSPS) is 22.6. The van der Waals surface area contributed by atoms with E-state index in [0.29, 0.717) is 12.5 Å². The molecule has 0 saturated carbocycles. The number of piperazine rings is 1. The van der Waals surface area contributed by atoms with Gasteiger partial charge in [0.1, 0.15) is 0 Å². The third-order valence-electron chi connectivity index (χ3n) is 4.98. The first-order valence-electron chi connectivity index (χ1n) is 9.35. The molecule has 6 heteroatoms. The van der Waals surface area contributed by atoms with Crippen molar-refractivity contribution in [1.29, 1.82) is 0 Å². The van der Waals surface area contributed by atoms with Gasteiger partial charge in [0, 0.05) is 63.5 Å². The third-order valence-corrected chi connectivity index (χ3v) is 4.98. The van der Waals surface area contributed by atoms with Crippen molar-refractivity contribution in [2.24, 2.45) is 5.92 Å². The lowest BCUT2D eigenvalue weighted by molar-refractivity contribution is 0.184. The van der Waals surface area contributed by atoms with Crippen LogP contribution in [0.5, 0.6) is 0 Å². The smallest absolute Gasteiger partial charge is 0.315 e. The average molecular weight is 346 g/mol. The highest BCUT2D eigenvalue weighted by molar-refractivity contribution is 5.74. The Balaban J connectivity index is 1.33. The molecule has 2 saturated heterocycles. The number of ether oxygens (including phenoxy) is 1. The fourth-order valence-electron chi connectivity index (χ4n) is 3.52. The summed E-state index contributed by atoms with van der Waals surface area (Å²) in [5.74, 6) is 0.465. The molecule has 6 nitrogen and oxygen atoms in total. The molecule has 2 aliphatic rings. The van der Waals surface area contributed by atoms with E-state index >= 15 is 0 Å². The van der Waals surface area contributed by atoms with Crippen LogP contribution in [0.15, 0.2) is 30.3 Å². The van der Waals surface area contributed by atoms with Crippen molar-refractivity contribution in [2.45, 2.75) is 19.4 Å². The predicted octanol–water partition coefficient (Wildman–Crippen LogP) is 1.53. The highest BCUT2D eigenvalue weighted by Gasteiger charge is 2.20. The largest absolute Gasteiger partial charge is 0.381 e. The number of carbonyl (C=O) groups excluding carboxylic acids is 1. The van der Waals surface area contributed by atoms with Crippen LogP contribution in [-0.4, -0.2) is 69.5 Å². The van der Waals surface area contributed by atoms with Crippen molar-refractivity contribution in [3.63, 3.8) is 0 Å². The standard InChI is InChI=1S/C19H30N4O2/c1-16(21-19(24)20-13-17-7-12-25-15-17)14-22-8-10-23(11-9-22)18-5-3-2-4-6-18/h2-6,16-17H,7-15H2,1H3,(H2,20,21,24)/t16-,17+/m0/s1. The first-order valence-corrected chi connectivity index (χ1v) is 9.35. The van der Waals surface area contributed by atoms with E-state index in [9.17, 15) is 4.79 Å². The Bertz CT molecular complexity index is 525. The van der Waals surface area contributed by atoms with E-state index in [0.717, 1.165) is 52.4 Å². The van der Waals surface area contributed by atoms with Crippen molar-refractivity contribution in [3.05, 3.63) is 30.3 Å². The van der Waals surface area contributed by atoms with Crippen LogP contribution >= 0.6 is 0 Å². The predicted molar refractivity (Wildman–Crippen MR) is 100 cm³/mol. The van der Waals surface area contributed by atoms with Crippen molar-refractivity contribution in [1.82, 2.24) is 15.5 Å². The van der Waals surface area contributed by atoms with Crippen molar-refractivity contribution < 1.29 is 9.53 Å². The Morgan fingerprint density at radius 3 is 2.68 bits per heavy atom. The maximum atomic E-state index is 12.0. The molecule has 2 atom stereocenters. The highest BCUT2D eigenvalue weighted by atomic mass is 16.5. The zero-order valence-corrected chi connectivity index (χ0v) is 15.1. The van der Waals surface area contributed by atoms with Crippen LogP contribution < -0.4 is 15.5 Å². The quantitative estimate of drug-likeness (QED) is 0.820. The lowest BCUT2D eigenvalue weighted by atomic mass is 10.1. The molecular weight excluding hydrogens is 316 g/mol. The van der Waals surface area contributed by atoms with Gasteiger partial charge < -0.3 is 20.3 Å². The molecule has 138 valence electrons. The molecular formula is C19H30N4O2. The Morgan fingerprint density at radius 2 is 2.00 bits per heavy atom. The summed E-state index contributed by atoms with van der Waals surface area (Å²) in [5, 5.41) is 6.01. The van der Waals surface area contributed by atoms with E-state index in [1.54, 1.807) is 0 Å². The molecule has 25 heavy (non-hydrogen) atoms. The minimum atomic E-state index is -0.0673. The summed E-state index contributed by atoms with van der Waals surface area (Å²) in [6, 6.07) is 10.6. The maximum absolute atomic E-state index is 12.0. The highest BCUT2D eigenvalue weighted by Crippen LogP contribution is 2.15. The van der Waals surface area contributed by atoms with Gasteiger partial charge in [0.25, 0.3) is 0 Å². The van der Waals surface area contributed by atoms with Gasteiger partial charge in [-0.2, -0.15) is 0 Å². The summed E-state index contributed by atoms with van der Waals surface area (Å²) < 4.78 is 5.33. The number of amides is 2. The summed E-state index contributed by atoms with van der Waals surface area (Å²) in [7, 11) is 0. The van der Waals surface area contributed by atoms with Crippen LogP contribution in [0.25, 0.3) is 0 Å². The average Bonchev–Trinajstić information content (AvgIpc) is 3.15. The number of benzene rings is 1. The van der Waals surface area contributed by atoms with Gasteiger partial charge in [0.05, 0.1) is 6.61 Å². The second kappa shape index (κ2) is 9.06. The molecule has 0 spiro atoms. The molecule has 3 rings (SSSR count). The molecule has 1 aromatic rings. The molecule has 0 bridgehead atoms. The van der Waals surface area contributed by atoms with Crippen LogP contribution in [0.1, 0.15) is 13.3 Å². The molecule has 2 heterocycles. The first kappa shape index (κ1) is 18.0. The number of rotatable bonds is 6. The van der Waals surface area contributed by atoms with Crippen molar-refractivity contribution in [2.75, 3.05) is 57.4 Å². The summed E-state index contributed by atoms with van der Waals surface area (Å²) in [6.07, 6.45) is 1.04. The number of carbonyl (C=O) groups is 1. The summed E-state index contributed by atoms with van der Waals surface area (Å²) in [6.45, 7) is 9.37. The lowest BCUT2D eigenvalue weighted by Gasteiger charge is -2.37. The monoisotopic (exact) mass is 346 g/mol. The van der Waals surface area contributed by atoms with E-state index in [1.165, 1.54) is 5.69 Å². The van der Waals surface area contributed by atoms with Crippen molar-refractivity contribution >= 4 is 11.7 Å². The van der Waals surface area contributed by atoms with E-state index in [-0.39, 0.29) is 12.1 Å². The minimum absolute atomic E-state index is 0.0673. The second-order valence-electron chi connectivity index (χ2n) is 7.11. The van der Waals surface area contributed by atoms with E-state index in [1.807, 2.05) is 0 Å². The van der Waals surface area contributed by atoms with Gasteiger partial charge in [-0.3, -0.25) is 4.90 Å². The topological polar surface area (TPSA) is 56.8 Å². The Hall–Kier alpha value is -1.79. The number of hydrogen-bond donors (Lipinski definition) is 2. The van der Waals surface area contributed by atoms with Gasteiger partial charge in [0.2, 0.25) is 0 Å². The Kier molecular flexibility index (Phi) is 6.53. The molecule has 0 aliphatic carbocycles. The van der Waals surface area contributed by atoms with Crippen LogP contribution in [0, 0.1) is 5.92 Å². The number of hydrogen-bond acceptors (Lipinski definition) is 4. The van der Waals surface area contributed by atoms with Gasteiger partial charge >= 0.3 is 6.03 Å². The maximum Gasteiger partial charge on any atom is 0.315 e. The molecule has 0 aromatic heterocycles. The number of nitrogens with zero attached hydrogens (tertiary/aromatic N) is 2. The summed E-state index contributed by atoms with van der Waals surface area (Å²) in [4.78, 5) is 16.8. The van der Waals surface area contributed by atoms with E-state index in [2.05, 4.69) is 57.7 Å². The Labute approximate surface area is 150 Å². The molecule has 2 N–H and O–H groups in total. The molecule has 2 amide bonds. The van der Waals surface area contributed by atoms with E-state index in [4.69, 9.17) is 4.74 Å². The van der Waals surface area contributed by atoms with E-state index < -0.39 is 0 Å². The van der Waals surface area contributed by atoms with Gasteiger partial charge in [-0.05, 0) is 25.5 Å². The lowest BCUT2D eigenvalue weighted by Crippen LogP contribution is -2.52.